The third-order valence-electron chi connectivity index (χ3n) is 2.07. The molecule has 0 aromatic rings. The highest BCUT2D eigenvalue weighted by Gasteiger charge is 2.51. The molecule has 7 heteroatoms. The number of nitrogens with zero attached hydrogens (tertiary/aromatic N) is 1. The van der Waals surface area contributed by atoms with Crippen LogP contribution in [0.3, 0.4) is 0 Å². The fourth-order valence-electron chi connectivity index (χ4n) is 1.22. The lowest BCUT2D eigenvalue weighted by atomic mass is 9.93. The van der Waals surface area contributed by atoms with Gasteiger partial charge in [-0.2, -0.15) is 0 Å². The fourth-order valence-corrected chi connectivity index (χ4v) is 1.22. The Morgan fingerprint density at radius 1 is 1.43 bits per heavy atom. The van der Waals surface area contributed by atoms with Gasteiger partial charge in [0.2, 0.25) is 0 Å². The number of carbonyl (C=O) groups excluding carboxylic acids is 1. The number of hydrogen-bond donors (Lipinski definition) is 2. The molecule has 0 saturated carbocycles. The SMILES string of the molecule is O=C(O)N1CCC(=O)C(F)(C(=O)O)C1. The van der Waals surface area contributed by atoms with Crippen LogP contribution in [0.1, 0.15) is 6.42 Å². The van der Waals surface area contributed by atoms with Gasteiger partial charge in [0.15, 0.2) is 5.78 Å². The van der Waals surface area contributed by atoms with E-state index in [1.807, 2.05) is 0 Å². The molecule has 1 rings (SSSR count). The Bertz CT molecular complexity index is 304. The number of alkyl halides is 1. The molecule has 0 bridgehead atoms. The van der Waals surface area contributed by atoms with Gasteiger partial charge in [0.1, 0.15) is 0 Å². The normalized spacial score (nSPS) is 27.5. The zero-order valence-corrected chi connectivity index (χ0v) is 7.07. The molecule has 0 aromatic carbocycles. The van der Waals surface area contributed by atoms with Gasteiger partial charge in [-0.3, -0.25) is 4.79 Å². The van der Waals surface area contributed by atoms with Gasteiger partial charge < -0.3 is 15.1 Å². The Kier molecular flexibility index (Phi) is 2.41. The third kappa shape index (κ3) is 1.52. The van der Waals surface area contributed by atoms with Crippen LogP contribution in [0.25, 0.3) is 0 Å². The van der Waals surface area contributed by atoms with Crippen LogP contribution in [0.4, 0.5) is 9.18 Å². The van der Waals surface area contributed by atoms with E-state index in [-0.39, 0.29) is 6.54 Å². The maximum absolute atomic E-state index is 13.4. The fraction of sp³-hybridized carbons (Fsp3) is 0.571. The number of piperidine rings is 1. The molecule has 2 N–H and O–H groups in total. The number of carboxylic acids is 1. The first-order chi connectivity index (χ1) is 6.38. The number of aliphatic carboxylic acids is 1. The van der Waals surface area contributed by atoms with Crippen molar-refractivity contribution in [2.24, 2.45) is 0 Å². The molecule has 0 aliphatic carbocycles. The van der Waals surface area contributed by atoms with E-state index in [2.05, 4.69) is 0 Å². The number of rotatable bonds is 1. The van der Waals surface area contributed by atoms with Crippen molar-refractivity contribution < 1.29 is 29.0 Å². The molecule has 0 aromatic heterocycles. The predicted octanol–water partition coefficient (Wildman–Crippen LogP) is -0.268. The van der Waals surface area contributed by atoms with Crippen molar-refractivity contribution in [2.75, 3.05) is 13.1 Å². The van der Waals surface area contributed by atoms with Gasteiger partial charge in [-0.1, -0.05) is 0 Å². The molecule has 1 amide bonds. The molecule has 1 aliphatic rings. The lowest BCUT2D eigenvalue weighted by Gasteiger charge is -2.31. The second kappa shape index (κ2) is 3.24. The van der Waals surface area contributed by atoms with Gasteiger partial charge in [0, 0.05) is 13.0 Å². The van der Waals surface area contributed by atoms with E-state index >= 15 is 0 Å². The number of carbonyl (C=O) groups is 3. The molecule has 78 valence electrons. The number of ketones is 1. The maximum Gasteiger partial charge on any atom is 0.407 e. The average molecular weight is 205 g/mol. The predicted molar refractivity (Wildman–Crippen MR) is 40.7 cm³/mol. The van der Waals surface area contributed by atoms with Crippen LogP contribution in [0, 0.1) is 0 Å². The second-order valence-corrected chi connectivity index (χ2v) is 2.98. The Morgan fingerprint density at radius 3 is 2.43 bits per heavy atom. The summed E-state index contributed by atoms with van der Waals surface area (Å²) in [5.74, 6) is -3.02. The molecule has 1 heterocycles. The first kappa shape index (κ1) is 10.4. The number of Topliss-reactive ketones (excluding diaryl/α,β-unsaturated/α-hetero) is 1. The Hall–Kier alpha value is -1.66. The van der Waals surface area contributed by atoms with Crippen molar-refractivity contribution in [3.63, 3.8) is 0 Å². The molecule has 14 heavy (non-hydrogen) atoms. The van der Waals surface area contributed by atoms with Crippen LogP contribution in [-0.2, 0) is 9.59 Å². The summed E-state index contributed by atoms with van der Waals surface area (Å²) in [5.41, 5.74) is -3.09. The van der Waals surface area contributed by atoms with E-state index in [4.69, 9.17) is 10.2 Å². The van der Waals surface area contributed by atoms with Gasteiger partial charge in [0.05, 0.1) is 6.54 Å². The molecule has 1 atom stereocenters. The summed E-state index contributed by atoms with van der Waals surface area (Å²) in [7, 11) is 0. The summed E-state index contributed by atoms with van der Waals surface area (Å²) < 4.78 is 13.4. The summed E-state index contributed by atoms with van der Waals surface area (Å²) in [6.45, 7) is -1.09. The van der Waals surface area contributed by atoms with Crippen molar-refractivity contribution >= 4 is 17.8 Å². The van der Waals surface area contributed by atoms with Gasteiger partial charge in [0.25, 0.3) is 5.67 Å². The van der Waals surface area contributed by atoms with Gasteiger partial charge in [-0.15, -0.1) is 0 Å². The van der Waals surface area contributed by atoms with Crippen molar-refractivity contribution in [2.45, 2.75) is 12.1 Å². The molecule has 1 aliphatic heterocycles. The van der Waals surface area contributed by atoms with E-state index in [0.29, 0.717) is 4.90 Å². The standard InChI is InChI=1S/C7H8FNO5/c8-7(5(11)12)3-9(6(13)14)2-1-4(7)10/h1-3H2,(H,11,12)(H,13,14). The lowest BCUT2D eigenvalue weighted by Crippen LogP contribution is -2.57. The number of hydrogen-bond acceptors (Lipinski definition) is 3. The highest BCUT2D eigenvalue weighted by molar-refractivity contribution is 6.07. The summed E-state index contributed by atoms with van der Waals surface area (Å²) in [6, 6.07) is 0. The Balaban J connectivity index is 2.89. The molecule has 6 nitrogen and oxygen atoms in total. The smallest absolute Gasteiger partial charge is 0.407 e. The van der Waals surface area contributed by atoms with Crippen LogP contribution < -0.4 is 0 Å². The summed E-state index contributed by atoms with van der Waals surface area (Å²) in [6.07, 6.45) is -1.84. The molecule has 0 spiro atoms. The highest BCUT2D eigenvalue weighted by Crippen LogP contribution is 2.22. The Morgan fingerprint density at radius 2 is 2.00 bits per heavy atom. The molecular weight excluding hydrogens is 197 g/mol. The van der Waals surface area contributed by atoms with Crippen LogP contribution in [0.15, 0.2) is 0 Å². The quantitative estimate of drug-likeness (QED) is 0.574. The topological polar surface area (TPSA) is 94.9 Å². The monoisotopic (exact) mass is 205 g/mol. The van der Waals surface area contributed by atoms with E-state index in [0.717, 1.165) is 0 Å². The number of amides is 1. The van der Waals surface area contributed by atoms with E-state index in [1.54, 1.807) is 0 Å². The zero-order valence-electron chi connectivity index (χ0n) is 7.07. The minimum atomic E-state index is -3.09. The lowest BCUT2D eigenvalue weighted by molar-refractivity contribution is -0.160. The van der Waals surface area contributed by atoms with E-state index < -0.39 is 36.5 Å². The highest BCUT2D eigenvalue weighted by atomic mass is 19.1. The molecular formula is C7H8FNO5. The molecule has 1 fully saturated rings. The minimum absolute atomic E-state index is 0.160. The van der Waals surface area contributed by atoms with Crippen LogP contribution in [0.2, 0.25) is 0 Å². The Labute approximate surface area is 77.9 Å². The van der Waals surface area contributed by atoms with Crippen molar-refractivity contribution in [3.8, 4) is 0 Å². The summed E-state index contributed by atoms with van der Waals surface area (Å²) >= 11 is 0. The van der Waals surface area contributed by atoms with Gasteiger partial charge in [-0.05, 0) is 0 Å². The first-order valence-corrected chi connectivity index (χ1v) is 3.81. The molecule has 1 saturated heterocycles. The number of carboxylic acid groups (broad SMARTS) is 2. The molecule has 0 radical (unpaired) electrons. The largest absolute Gasteiger partial charge is 0.478 e. The van der Waals surface area contributed by atoms with Crippen LogP contribution >= 0.6 is 0 Å². The van der Waals surface area contributed by atoms with Crippen molar-refractivity contribution in [1.29, 1.82) is 0 Å². The summed E-state index contributed by atoms with van der Waals surface area (Å²) in [4.78, 5) is 32.4. The van der Waals surface area contributed by atoms with Gasteiger partial charge >= 0.3 is 12.1 Å². The zero-order chi connectivity index (χ0) is 10.9. The molecule has 1 unspecified atom stereocenters. The van der Waals surface area contributed by atoms with E-state index in [1.165, 1.54) is 0 Å². The average Bonchev–Trinajstić information content (AvgIpc) is 2.09. The van der Waals surface area contributed by atoms with E-state index in [9.17, 15) is 18.8 Å². The van der Waals surface area contributed by atoms with Gasteiger partial charge in [-0.25, -0.2) is 14.0 Å². The maximum atomic E-state index is 13.4. The van der Waals surface area contributed by atoms with Crippen LogP contribution in [0.5, 0.6) is 0 Å². The number of halogens is 1. The summed E-state index contributed by atoms with van der Waals surface area (Å²) in [5, 5.41) is 16.9. The number of likely N-dealkylation sites (tertiary alicyclic amines) is 1. The minimum Gasteiger partial charge on any atom is -0.478 e. The third-order valence-corrected chi connectivity index (χ3v) is 2.07. The van der Waals surface area contributed by atoms with Crippen molar-refractivity contribution in [3.05, 3.63) is 0 Å². The second-order valence-electron chi connectivity index (χ2n) is 2.98. The van der Waals surface area contributed by atoms with Crippen LogP contribution in [-0.4, -0.2) is 51.7 Å². The first-order valence-electron chi connectivity index (χ1n) is 3.81. The van der Waals surface area contributed by atoms with Crippen molar-refractivity contribution in [1.82, 2.24) is 4.90 Å².